The standard InChI is InChI=1S/C2H7ClSi/c1-4(2)3/h4H,1-2H3/i1D3,2D3,4D. The molecule has 2 heteroatoms. The Bertz CT molecular complexity index is 128. The Morgan fingerprint density at radius 2 is 2.75 bits per heavy atom. The first-order valence-electron chi connectivity index (χ1n) is 4.19. The lowest BCUT2D eigenvalue weighted by Gasteiger charge is -1.72. The minimum absolute atomic E-state index is 2.86. The second-order valence-electron chi connectivity index (χ2n) is 0.314. The highest BCUT2D eigenvalue weighted by Crippen LogP contribution is 1.79. The van der Waals surface area contributed by atoms with Crippen LogP contribution in [0.1, 0.15) is 8.22 Å². The molecule has 0 nitrogen and oxygen atoms in total. The Morgan fingerprint density at radius 1 is 2.25 bits per heavy atom. The molecule has 0 radical (unpaired) electrons. The van der Waals surface area contributed by atoms with Gasteiger partial charge in [0.05, 0.1) is 0 Å². The Balaban J connectivity index is 4.75. The smallest absolute Gasteiger partial charge is 0.134 e. The van der Waals surface area contributed by atoms with E-state index < -0.39 is 21.0 Å². The summed E-state index contributed by atoms with van der Waals surface area (Å²) in [6, 6.07) is 0. The van der Waals surface area contributed by atoms with Crippen LogP contribution in [0.3, 0.4) is 0 Å². The second-order valence-corrected chi connectivity index (χ2v) is 2.08. The third-order valence-corrected chi connectivity index (χ3v) is 0. The van der Waals surface area contributed by atoms with Gasteiger partial charge in [0.15, 0.2) is 0 Å². The molecule has 0 heterocycles. The van der Waals surface area contributed by atoms with Crippen molar-refractivity contribution in [1.82, 2.24) is 0 Å². The van der Waals surface area contributed by atoms with E-state index in [1.165, 1.54) is 0 Å². The van der Waals surface area contributed by atoms with E-state index in [4.69, 9.17) is 20.5 Å². The highest BCUT2D eigenvalue weighted by atomic mass is 35.6. The molecule has 26 valence electrons. The molecule has 0 rings (SSSR count). The molecule has 0 aromatic heterocycles. The van der Waals surface area contributed by atoms with Crippen LogP contribution in [0.2, 0.25) is 13.0 Å². The van der Waals surface area contributed by atoms with Crippen LogP contribution in [0.5, 0.6) is 0 Å². The average molecular weight is 102 g/mol. The maximum absolute atomic E-state index is 7.01. The highest BCUT2D eigenvalue weighted by molar-refractivity contribution is 7.05. The van der Waals surface area contributed by atoms with Crippen molar-refractivity contribution in [2.75, 3.05) is 0 Å². The molecule has 0 saturated heterocycles. The average Bonchev–Trinajstić information content (AvgIpc) is 1.58. The zero-order valence-electron chi connectivity index (χ0n) is 8.88. The van der Waals surface area contributed by atoms with Crippen LogP contribution in [-0.2, 0) is 0 Å². The van der Waals surface area contributed by atoms with Gasteiger partial charge >= 0.3 is 0 Å². The first-order valence-corrected chi connectivity index (χ1v) is 3.20. The van der Waals surface area contributed by atoms with E-state index in [0.717, 1.165) is 0 Å². The monoisotopic (exact) mass is 101 g/mol. The molecule has 0 amide bonds. The second kappa shape index (κ2) is 1.79. The van der Waals surface area contributed by atoms with E-state index in [0.29, 0.717) is 0 Å². The van der Waals surface area contributed by atoms with Gasteiger partial charge in [0.2, 0.25) is 0 Å². The van der Waals surface area contributed by atoms with Crippen LogP contribution in [0, 0.1) is 0 Å². The highest BCUT2D eigenvalue weighted by Gasteiger charge is 1.76. The van der Waals surface area contributed by atoms with Gasteiger partial charge in [-0.3, -0.25) is 0 Å². The first-order chi connectivity index (χ1) is 4.50. The number of halogens is 1. The van der Waals surface area contributed by atoms with Crippen molar-refractivity contribution in [3.63, 3.8) is 0 Å². The lowest BCUT2D eigenvalue weighted by Crippen LogP contribution is -1.78. The van der Waals surface area contributed by atoms with Crippen LogP contribution in [-0.4, -0.2) is 9.27 Å². The molecule has 0 unspecified atom stereocenters. The van der Waals surface area contributed by atoms with Crippen molar-refractivity contribution < 1.29 is 8.22 Å². The molecular formula is C2H7ClSi. The molecule has 0 aromatic carbocycles. The van der Waals surface area contributed by atoms with E-state index in [9.17, 15) is 0 Å². The van der Waals surface area contributed by atoms with Crippen LogP contribution >= 0.6 is 11.1 Å². The predicted molar refractivity (Wildman–Crippen MR) is 24.7 cm³/mol. The zero-order chi connectivity index (χ0) is 9.50. The third kappa shape index (κ3) is 22.2. The molecule has 0 atom stereocenters. The first kappa shape index (κ1) is 0.502. The lowest BCUT2D eigenvalue weighted by molar-refractivity contribution is 2.10. The molecule has 0 aromatic rings. The fourth-order valence-corrected chi connectivity index (χ4v) is 0. The molecule has 0 spiro atoms. The quantitative estimate of drug-likeness (QED) is 0.318. The normalized spacial score (nSPS) is 43.8. The van der Waals surface area contributed by atoms with Crippen molar-refractivity contribution in [1.29, 1.82) is 1.23 Å². The van der Waals surface area contributed by atoms with E-state index in [-0.39, 0.29) is 0 Å². The van der Waals surface area contributed by atoms with Crippen LogP contribution in [0.4, 0.5) is 0 Å². The summed E-state index contributed by atoms with van der Waals surface area (Å²) in [7, 11) is -4.38. The minimum atomic E-state index is -4.38. The molecule has 0 N–H and O–H groups in total. The Morgan fingerprint density at radius 3 is 2.75 bits per heavy atom. The lowest BCUT2D eigenvalue weighted by atomic mass is 11.9. The Kier molecular flexibility index (Phi) is 0.225. The van der Waals surface area contributed by atoms with Gasteiger partial charge in [0.1, 0.15) is 8.04 Å². The molecule has 0 aliphatic heterocycles. The van der Waals surface area contributed by atoms with E-state index in [1.54, 1.807) is 0 Å². The summed E-state index contributed by atoms with van der Waals surface area (Å²) in [6.07, 6.45) is 0. The fraction of sp³-hybridized carbons (Fsp3) is 1.00. The summed E-state index contributed by atoms with van der Waals surface area (Å²) < 4.78 is 47.2. The Hall–Kier alpha value is 0.507. The number of hydrogen-bond donors (Lipinski definition) is 0. The van der Waals surface area contributed by atoms with E-state index in [2.05, 4.69) is 0 Å². The van der Waals surface area contributed by atoms with Gasteiger partial charge in [0.25, 0.3) is 0 Å². The summed E-state index contributed by atoms with van der Waals surface area (Å²) in [4.78, 5) is 0. The zero-order valence-corrected chi connectivity index (χ0v) is 3.63. The van der Waals surface area contributed by atoms with Crippen molar-refractivity contribution in [3.8, 4) is 0 Å². The van der Waals surface area contributed by atoms with E-state index >= 15 is 0 Å². The topological polar surface area (TPSA) is 0 Å². The molecule has 4 heavy (non-hydrogen) atoms. The third-order valence-electron chi connectivity index (χ3n) is 0. The molecule has 0 fully saturated rings. The van der Waals surface area contributed by atoms with Crippen LogP contribution in [0.25, 0.3) is 0 Å². The van der Waals surface area contributed by atoms with Gasteiger partial charge in [0, 0.05) is 9.46 Å². The predicted octanol–water partition coefficient (Wildman–Crippen LogP) is 1.21. The summed E-state index contributed by atoms with van der Waals surface area (Å²) in [5.41, 5.74) is 0. The van der Waals surface area contributed by atoms with Gasteiger partial charge in [-0.05, 0) is 0 Å². The van der Waals surface area contributed by atoms with Gasteiger partial charge in [-0.1, -0.05) is 13.0 Å². The van der Waals surface area contributed by atoms with E-state index in [1.807, 2.05) is 0 Å². The maximum atomic E-state index is 7.01. The molecule has 0 saturated carbocycles. The molecule has 0 aliphatic rings. The van der Waals surface area contributed by atoms with Gasteiger partial charge in [-0.15, -0.1) is 0 Å². The largest absolute Gasteiger partial charge is 0.172 e. The number of hydrogen-bond acceptors (Lipinski definition) is 0. The van der Waals surface area contributed by atoms with Crippen LogP contribution in [0.15, 0.2) is 0 Å². The number of rotatable bonds is 0. The van der Waals surface area contributed by atoms with Gasteiger partial charge in [-0.2, -0.15) is 11.1 Å². The molecular weight excluding hydrogens is 87.6 g/mol. The summed E-state index contributed by atoms with van der Waals surface area (Å²) in [5, 5.41) is 0. The summed E-state index contributed by atoms with van der Waals surface area (Å²) in [5.74, 6) is 0. The summed E-state index contributed by atoms with van der Waals surface area (Å²) in [6.45, 7) is -5.72. The van der Waals surface area contributed by atoms with Crippen molar-refractivity contribution in [2.45, 2.75) is 13.0 Å². The summed E-state index contributed by atoms with van der Waals surface area (Å²) >= 11 is 5.17. The minimum Gasteiger partial charge on any atom is -0.172 e. The molecule has 0 bridgehead atoms. The van der Waals surface area contributed by atoms with Crippen molar-refractivity contribution in [3.05, 3.63) is 0 Å². The van der Waals surface area contributed by atoms with Crippen LogP contribution < -0.4 is 0 Å². The Labute approximate surface area is 42.7 Å². The SMILES string of the molecule is [2H]C([2H])([2H])[Si]([2H])(Cl)C([2H])([2H])[2H]. The molecule has 0 aliphatic carbocycles. The van der Waals surface area contributed by atoms with Gasteiger partial charge < -0.3 is 0 Å². The van der Waals surface area contributed by atoms with Crippen molar-refractivity contribution >= 4 is 19.1 Å². The maximum Gasteiger partial charge on any atom is 0.134 e. The van der Waals surface area contributed by atoms with Crippen molar-refractivity contribution in [2.24, 2.45) is 0 Å². The fourth-order valence-electron chi connectivity index (χ4n) is 0. The van der Waals surface area contributed by atoms with Gasteiger partial charge in [-0.25, -0.2) is 0 Å².